The van der Waals surface area contributed by atoms with Gasteiger partial charge in [0.15, 0.2) is 5.76 Å². The SMILES string of the molecule is Cc1ccc(NC(=O)c2ccccc2-c2ncc(-c3ccc(Br)cc3)o2)cc1Cl. The lowest BCUT2D eigenvalue weighted by Crippen LogP contribution is -2.13. The van der Waals surface area contributed by atoms with Crippen LogP contribution in [0.4, 0.5) is 5.69 Å². The van der Waals surface area contributed by atoms with E-state index in [1.54, 1.807) is 24.4 Å². The van der Waals surface area contributed by atoms with Gasteiger partial charge in [-0.1, -0.05) is 57.9 Å². The molecule has 144 valence electrons. The number of oxazole rings is 1. The first-order valence-electron chi connectivity index (χ1n) is 8.90. The van der Waals surface area contributed by atoms with Crippen molar-refractivity contribution in [3.05, 3.63) is 93.5 Å². The Morgan fingerprint density at radius 2 is 1.83 bits per heavy atom. The summed E-state index contributed by atoms with van der Waals surface area (Å²) in [6.45, 7) is 1.91. The Kier molecular flexibility index (Phi) is 5.51. The summed E-state index contributed by atoms with van der Waals surface area (Å²) in [6.07, 6.45) is 1.66. The first-order valence-corrected chi connectivity index (χ1v) is 10.1. The first-order chi connectivity index (χ1) is 14.0. The van der Waals surface area contributed by atoms with Crippen molar-refractivity contribution in [2.45, 2.75) is 6.92 Å². The standard InChI is InChI=1S/C23H16BrClN2O2/c1-14-6-11-17(12-20(14)25)27-22(28)18-4-2-3-5-19(18)23-26-13-21(29-23)15-7-9-16(24)10-8-15/h2-13H,1H3,(H,27,28). The summed E-state index contributed by atoms with van der Waals surface area (Å²) in [7, 11) is 0. The van der Waals surface area contributed by atoms with E-state index in [-0.39, 0.29) is 5.91 Å². The molecule has 1 N–H and O–H groups in total. The van der Waals surface area contributed by atoms with E-state index in [0.717, 1.165) is 15.6 Å². The van der Waals surface area contributed by atoms with Crippen molar-refractivity contribution in [3.63, 3.8) is 0 Å². The summed E-state index contributed by atoms with van der Waals surface area (Å²) in [4.78, 5) is 17.3. The van der Waals surface area contributed by atoms with Crippen LogP contribution in [0.3, 0.4) is 0 Å². The molecular weight excluding hydrogens is 452 g/mol. The second-order valence-electron chi connectivity index (χ2n) is 6.50. The van der Waals surface area contributed by atoms with Crippen LogP contribution in [0.2, 0.25) is 5.02 Å². The van der Waals surface area contributed by atoms with Gasteiger partial charge in [-0.3, -0.25) is 4.79 Å². The quantitative estimate of drug-likeness (QED) is 0.352. The fourth-order valence-electron chi connectivity index (χ4n) is 2.88. The average molecular weight is 468 g/mol. The summed E-state index contributed by atoms with van der Waals surface area (Å²) in [6, 6.07) is 20.4. The van der Waals surface area contributed by atoms with Gasteiger partial charge in [-0.15, -0.1) is 0 Å². The summed E-state index contributed by atoms with van der Waals surface area (Å²) >= 11 is 9.58. The molecule has 0 saturated carbocycles. The average Bonchev–Trinajstić information content (AvgIpc) is 3.21. The highest BCUT2D eigenvalue weighted by atomic mass is 79.9. The highest BCUT2D eigenvalue weighted by molar-refractivity contribution is 9.10. The third-order valence-electron chi connectivity index (χ3n) is 4.47. The maximum absolute atomic E-state index is 12.9. The summed E-state index contributed by atoms with van der Waals surface area (Å²) in [5.74, 6) is 0.757. The van der Waals surface area contributed by atoms with E-state index in [1.807, 2.05) is 55.5 Å². The van der Waals surface area contributed by atoms with Gasteiger partial charge in [0, 0.05) is 26.3 Å². The monoisotopic (exact) mass is 466 g/mol. The molecule has 1 amide bonds. The number of amides is 1. The zero-order valence-electron chi connectivity index (χ0n) is 15.4. The van der Waals surface area contributed by atoms with Crippen LogP contribution in [0, 0.1) is 6.92 Å². The second-order valence-corrected chi connectivity index (χ2v) is 7.82. The Hall–Kier alpha value is -2.89. The van der Waals surface area contributed by atoms with Gasteiger partial charge < -0.3 is 9.73 Å². The number of nitrogens with one attached hydrogen (secondary N) is 1. The van der Waals surface area contributed by atoms with Crippen LogP contribution in [0.15, 0.2) is 81.8 Å². The van der Waals surface area contributed by atoms with Crippen LogP contribution in [-0.4, -0.2) is 10.9 Å². The van der Waals surface area contributed by atoms with Gasteiger partial charge in [-0.05, 0) is 48.9 Å². The number of anilines is 1. The third kappa shape index (κ3) is 4.26. The fourth-order valence-corrected chi connectivity index (χ4v) is 3.33. The minimum Gasteiger partial charge on any atom is -0.436 e. The van der Waals surface area contributed by atoms with Crippen LogP contribution in [0.1, 0.15) is 15.9 Å². The first kappa shape index (κ1) is 19.4. The summed E-state index contributed by atoms with van der Waals surface area (Å²) in [5, 5.41) is 3.48. The molecule has 0 aliphatic heterocycles. The molecule has 6 heteroatoms. The zero-order chi connectivity index (χ0) is 20.4. The number of hydrogen-bond acceptors (Lipinski definition) is 3. The molecule has 0 fully saturated rings. The largest absolute Gasteiger partial charge is 0.436 e. The summed E-state index contributed by atoms with van der Waals surface area (Å²) in [5.41, 5.74) is 3.57. The number of hydrogen-bond donors (Lipinski definition) is 1. The smallest absolute Gasteiger partial charge is 0.256 e. The van der Waals surface area contributed by atoms with Crippen molar-refractivity contribution in [2.75, 3.05) is 5.32 Å². The van der Waals surface area contributed by atoms with Crippen LogP contribution in [-0.2, 0) is 0 Å². The molecule has 0 spiro atoms. The maximum atomic E-state index is 12.9. The normalized spacial score (nSPS) is 10.7. The van der Waals surface area contributed by atoms with E-state index < -0.39 is 0 Å². The Bertz CT molecular complexity index is 1190. The minimum absolute atomic E-state index is 0.260. The maximum Gasteiger partial charge on any atom is 0.256 e. The van der Waals surface area contributed by atoms with Gasteiger partial charge in [0.1, 0.15) is 0 Å². The molecule has 0 unspecified atom stereocenters. The van der Waals surface area contributed by atoms with Crippen LogP contribution in [0.25, 0.3) is 22.8 Å². The molecule has 1 aromatic heterocycles. The van der Waals surface area contributed by atoms with E-state index in [2.05, 4.69) is 26.2 Å². The molecular formula is C23H16BrClN2O2. The highest BCUT2D eigenvalue weighted by Crippen LogP contribution is 2.29. The molecule has 0 atom stereocenters. The van der Waals surface area contributed by atoms with E-state index in [1.165, 1.54) is 0 Å². The number of carbonyl (C=O) groups is 1. The molecule has 0 bridgehead atoms. The fraction of sp³-hybridized carbons (Fsp3) is 0.0435. The molecule has 1 heterocycles. The lowest BCUT2D eigenvalue weighted by atomic mass is 10.1. The van der Waals surface area contributed by atoms with Crippen molar-refractivity contribution < 1.29 is 9.21 Å². The minimum atomic E-state index is -0.260. The highest BCUT2D eigenvalue weighted by Gasteiger charge is 2.17. The number of halogens is 2. The van der Waals surface area contributed by atoms with Crippen LogP contribution >= 0.6 is 27.5 Å². The van der Waals surface area contributed by atoms with Gasteiger partial charge in [-0.25, -0.2) is 4.98 Å². The zero-order valence-corrected chi connectivity index (χ0v) is 17.8. The number of aryl methyl sites for hydroxylation is 1. The molecule has 0 radical (unpaired) electrons. The Morgan fingerprint density at radius 3 is 2.59 bits per heavy atom. The van der Waals surface area contributed by atoms with Crippen molar-refractivity contribution >= 4 is 39.1 Å². The lowest BCUT2D eigenvalue weighted by molar-refractivity contribution is 0.102. The van der Waals surface area contributed by atoms with Gasteiger partial charge in [0.05, 0.1) is 11.8 Å². The number of rotatable bonds is 4. The van der Waals surface area contributed by atoms with Crippen LogP contribution in [0.5, 0.6) is 0 Å². The second kappa shape index (κ2) is 8.23. The molecule has 0 aliphatic carbocycles. The van der Waals surface area contributed by atoms with Crippen molar-refractivity contribution in [3.8, 4) is 22.8 Å². The van der Waals surface area contributed by atoms with Crippen molar-refractivity contribution in [1.82, 2.24) is 4.98 Å². The van der Waals surface area contributed by atoms with Gasteiger partial charge in [0.2, 0.25) is 5.89 Å². The number of benzene rings is 3. The third-order valence-corrected chi connectivity index (χ3v) is 5.40. The topological polar surface area (TPSA) is 55.1 Å². The van der Waals surface area contributed by atoms with E-state index in [0.29, 0.717) is 33.5 Å². The molecule has 4 aromatic rings. The van der Waals surface area contributed by atoms with Gasteiger partial charge in [0.25, 0.3) is 5.91 Å². The molecule has 4 nitrogen and oxygen atoms in total. The molecule has 0 saturated heterocycles. The van der Waals surface area contributed by atoms with Gasteiger partial charge >= 0.3 is 0 Å². The van der Waals surface area contributed by atoms with E-state index in [9.17, 15) is 4.79 Å². The predicted octanol–water partition coefficient (Wildman–Crippen LogP) is 6.99. The van der Waals surface area contributed by atoms with Crippen molar-refractivity contribution in [2.24, 2.45) is 0 Å². The number of carbonyl (C=O) groups excluding carboxylic acids is 1. The molecule has 4 rings (SSSR count). The molecule has 0 aliphatic rings. The summed E-state index contributed by atoms with van der Waals surface area (Å²) < 4.78 is 6.93. The van der Waals surface area contributed by atoms with Crippen molar-refractivity contribution in [1.29, 1.82) is 0 Å². The number of nitrogens with zero attached hydrogens (tertiary/aromatic N) is 1. The number of aromatic nitrogens is 1. The molecule has 3 aromatic carbocycles. The predicted molar refractivity (Wildman–Crippen MR) is 119 cm³/mol. The van der Waals surface area contributed by atoms with E-state index >= 15 is 0 Å². The molecule has 29 heavy (non-hydrogen) atoms. The lowest BCUT2D eigenvalue weighted by Gasteiger charge is -2.09. The van der Waals surface area contributed by atoms with Crippen LogP contribution < -0.4 is 5.32 Å². The van der Waals surface area contributed by atoms with Gasteiger partial charge in [-0.2, -0.15) is 0 Å². The Balaban J connectivity index is 1.64. The van der Waals surface area contributed by atoms with E-state index in [4.69, 9.17) is 16.0 Å². The Morgan fingerprint density at radius 1 is 1.07 bits per heavy atom. The Labute approximate surface area is 181 Å².